The van der Waals surface area contributed by atoms with Crippen LogP contribution in [0.4, 0.5) is 0 Å². The first-order valence-corrected chi connectivity index (χ1v) is 6.25. The van der Waals surface area contributed by atoms with Crippen molar-refractivity contribution in [1.29, 1.82) is 0 Å². The fourth-order valence-electron chi connectivity index (χ4n) is 2.11. The first kappa shape index (κ1) is 11.5. The topological polar surface area (TPSA) is 80.3 Å². The number of carbonyl (C=O) groups is 1. The molecular formula is C11H10BrN3O3. The number of carboxylic acid groups (broad SMARTS) is 1. The maximum absolute atomic E-state index is 11.3. The minimum atomic E-state index is -1.04. The number of nitrogens with one attached hydrogen (secondary N) is 1. The second-order valence-corrected chi connectivity index (χ2v) is 4.74. The van der Waals surface area contributed by atoms with Gasteiger partial charge in [0.05, 0.1) is 6.54 Å². The van der Waals surface area contributed by atoms with Gasteiger partial charge in [0.15, 0.2) is 16.1 Å². The number of hydrogen-bond acceptors (Lipinski definition) is 4. The molecule has 94 valence electrons. The van der Waals surface area contributed by atoms with Gasteiger partial charge in [-0.1, -0.05) is 0 Å². The van der Waals surface area contributed by atoms with Crippen LogP contribution in [0.3, 0.4) is 0 Å². The first-order valence-electron chi connectivity index (χ1n) is 5.46. The van der Waals surface area contributed by atoms with Crippen LogP contribution in [-0.4, -0.2) is 27.2 Å². The number of aromatic nitrogens is 2. The number of rotatable bonds is 2. The largest absolute Gasteiger partial charge is 0.476 e. The van der Waals surface area contributed by atoms with E-state index >= 15 is 0 Å². The minimum absolute atomic E-state index is 0.0375. The molecule has 0 fully saturated rings. The number of carboxylic acids is 1. The Kier molecular flexibility index (Phi) is 2.71. The second kappa shape index (κ2) is 4.25. The van der Waals surface area contributed by atoms with Crippen molar-refractivity contribution in [3.8, 4) is 11.5 Å². The number of aromatic carboxylic acids is 1. The third-order valence-electron chi connectivity index (χ3n) is 2.85. The highest BCUT2D eigenvalue weighted by Crippen LogP contribution is 2.29. The van der Waals surface area contributed by atoms with Crippen molar-refractivity contribution in [3.63, 3.8) is 0 Å². The zero-order valence-electron chi connectivity index (χ0n) is 9.31. The summed E-state index contributed by atoms with van der Waals surface area (Å²) in [6.07, 6.45) is 0. The van der Waals surface area contributed by atoms with Crippen LogP contribution in [0.2, 0.25) is 0 Å². The van der Waals surface area contributed by atoms with E-state index in [0.29, 0.717) is 29.2 Å². The first-order chi connectivity index (χ1) is 8.66. The summed E-state index contributed by atoms with van der Waals surface area (Å²) in [4.78, 5) is 15.4. The summed E-state index contributed by atoms with van der Waals surface area (Å²) >= 11 is 3.22. The lowest BCUT2D eigenvalue weighted by Crippen LogP contribution is -2.28. The fourth-order valence-corrected chi connectivity index (χ4v) is 2.41. The van der Waals surface area contributed by atoms with Crippen molar-refractivity contribution in [2.24, 2.45) is 0 Å². The lowest BCUT2D eigenvalue weighted by Gasteiger charge is -2.16. The van der Waals surface area contributed by atoms with E-state index in [1.54, 1.807) is 12.1 Å². The molecule has 0 radical (unpaired) electrons. The summed E-state index contributed by atoms with van der Waals surface area (Å²) in [5.41, 5.74) is 0.570. The molecule has 3 rings (SSSR count). The lowest BCUT2D eigenvalue weighted by molar-refractivity contribution is 0.0691. The van der Waals surface area contributed by atoms with Gasteiger partial charge in [0, 0.05) is 13.1 Å². The van der Waals surface area contributed by atoms with E-state index in [4.69, 9.17) is 4.42 Å². The highest BCUT2D eigenvalue weighted by atomic mass is 79.9. The van der Waals surface area contributed by atoms with Crippen LogP contribution in [-0.2, 0) is 13.1 Å². The normalized spacial score (nSPS) is 14.5. The van der Waals surface area contributed by atoms with Crippen molar-refractivity contribution in [2.45, 2.75) is 13.1 Å². The summed E-state index contributed by atoms with van der Waals surface area (Å²) in [6.45, 7) is 2.04. The molecule has 0 saturated carbocycles. The van der Waals surface area contributed by atoms with Crippen LogP contribution in [0.5, 0.6) is 0 Å². The molecule has 0 spiro atoms. The Morgan fingerprint density at radius 1 is 1.56 bits per heavy atom. The molecule has 6 nitrogen and oxygen atoms in total. The van der Waals surface area contributed by atoms with Crippen molar-refractivity contribution in [1.82, 2.24) is 14.9 Å². The van der Waals surface area contributed by atoms with Crippen LogP contribution >= 0.6 is 15.9 Å². The molecule has 0 amide bonds. The molecule has 3 heterocycles. The van der Waals surface area contributed by atoms with Gasteiger partial charge in [0.1, 0.15) is 11.5 Å². The maximum atomic E-state index is 11.3. The summed E-state index contributed by atoms with van der Waals surface area (Å²) < 4.78 is 7.92. The average molecular weight is 312 g/mol. The van der Waals surface area contributed by atoms with Crippen molar-refractivity contribution >= 4 is 21.9 Å². The number of halogens is 1. The van der Waals surface area contributed by atoms with Gasteiger partial charge in [-0.2, -0.15) is 0 Å². The highest BCUT2D eigenvalue weighted by molar-refractivity contribution is 9.10. The monoisotopic (exact) mass is 311 g/mol. The van der Waals surface area contributed by atoms with Crippen LogP contribution in [0, 0.1) is 0 Å². The summed E-state index contributed by atoms with van der Waals surface area (Å²) in [5, 5.41) is 12.4. The molecule has 1 aliphatic heterocycles. The second-order valence-electron chi connectivity index (χ2n) is 3.96. The maximum Gasteiger partial charge on any atom is 0.356 e. The van der Waals surface area contributed by atoms with Gasteiger partial charge in [0.25, 0.3) is 0 Å². The summed E-state index contributed by atoms with van der Waals surface area (Å²) in [7, 11) is 0. The van der Waals surface area contributed by atoms with Crippen LogP contribution in [0.15, 0.2) is 21.2 Å². The zero-order chi connectivity index (χ0) is 12.7. The van der Waals surface area contributed by atoms with Crippen molar-refractivity contribution in [3.05, 3.63) is 28.3 Å². The van der Waals surface area contributed by atoms with Crippen molar-refractivity contribution in [2.75, 3.05) is 6.54 Å². The van der Waals surface area contributed by atoms with E-state index in [2.05, 4.69) is 26.2 Å². The molecule has 2 N–H and O–H groups in total. The average Bonchev–Trinajstić information content (AvgIpc) is 2.92. The van der Waals surface area contributed by atoms with Gasteiger partial charge in [-0.25, -0.2) is 9.78 Å². The molecule has 0 atom stereocenters. The van der Waals surface area contributed by atoms with Gasteiger partial charge < -0.3 is 19.4 Å². The lowest BCUT2D eigenvalue weighted by atomic mass is 10.2. The quantitative estimate of drug-likeness (QED) is 0.882. The van der Waals surface area contributed by atoms with Gasteiger partial charge in [0.2, 0.25) is 0 Å². The third kappa shape index (κ3) is 1.75. The third-order valence-corrected chi connectivity index (χ3v) is 3.28. The molecule has 0 saturated heterocycles. The Hall–Kier alpha value is -1.60. The minimum Gasteiger partial charge on any atom is -0.476 e. The summed E-state index contributed by atoms with van der Waals surface area (Å²) in [6, 6.07) is 3.48. The Labute approximate surface area is 111 Å². The van der Waals surface area contributed by atoms with E-state index < -0.39 is 5.97 Å². The number of furan rings is 1. The molecule has 18 heavy (non-hydrogen) atoms. The predicted molar refractivity (Wildman–Crippen MR) is 66.3 cm³/mol. The molecule has 0 unspecified atom stereocenters. The number of imidazole rings is 1. The standard InChI is InChI=1S/C11H10BrN3O3/c12-7-2-1-6(18-7)10-9(11(16)17)14-8-5-13-3-4-15(8)10/h1-2,13H,3-5H2,(H,16,17). The van der Waals surface area contributed by atoms with E-state index in [9.17, 15) is 9.90 Å². The van der Waals surface area contributed by atoms with Crippen molar-refractivity contribution < 1.29 is 14.3 Å². The van der Waals surface area contributed by atoms with E-state index in [0.717, 1.165) is 12.4 Å². The number of fused-ring (bicyclic) bond motifs is 1. The van der Waals surface area contributed by atoms with E-state index in [1.807, 2.05) is 4.57 Å². The Morgan fingerprint density at radius 3 is 3.06 bits per heavy atom. The Morgan fingerprint density at radius 2 is 2.39 bits per heavy atom. The van der Waals surface area contributed by atoms with Gasteiger partial charge in [-0.3, -0.25) is 0 Å². The van der Waals surface area contributed by atoms with Crippen LogP contribution in [0.1, 0.15) is 16.3 Å². The molecule has 7 heteroatoms. The van der Waals surface area contributed by atoms with Gasteiger partial charge in [-0.15, -0.1) is 0 Å². The Balaban J connectivity index is 2.22. The van der Waals surface area contributed by atoms with E-state index in [1.165, 1.54) is 0 Å². The van der Waals surface area contributed by atoms with Crippen LogP contribution < -0.4 is 5.32 Å². The highest BCUT2D eigenvalue weighted by Gasteiger charge is 2.26. The smallest absolute Gasteiger partial charge is 0.356 e. The Bertz CT molecular complexity index is 617. The fraction of sp³-hybridized carbons (Fsp3) is 0.273. The van der Waals surface area contributed by atoms with E-state index in [-0.39, 0.29) is 5.69 Å². The number of nitrogens with zero attached hydrogens (tertiary/aromatic N) is 2. The molecule has 1 aliphatic rings. The van der Waals surface area contributed by atoms with Gasteiger partial charge in [-0.05, 0) is 28.1 Å². The summed E-state index contributed by atoms with van der Waals surface area (Å²) in [5.74, 6) is 0.195. The SMILES string of the molecule is O=C(O)c1nc2n(c1-c1ccc(Br)o1)CCNC2. The molecule has 0 bridgehead atoms. The number of hydrogen-bond donors (Lipinski definition) is 2. The van der Waals surface area contributed by atoms with Gasteiger partial charge >= 0.3 is 5.97 Å². The predicted octanol–water partition coefficient (Wildman–Crippen LogP) is 1.71. The molecule has 0 aromatic carbocycles. The van der Waals surface area contributed by atoms with Crippen LogP contribution in [0.25, 0.3) is 11.5 Å². The molecule has 2 aromatic rings. The molecule has 2 aromatic heterocycles. The molecule has 0 aliphatic carbocycles. The molecular weight excluding hydrogens is 302 g/mol. The zero-order valence-corrected chi connectivity index (χ0v) is 10.9.